The van der Waals surface area contributed by atoms with Gasteiger partial charge in [0.15, 0.2) is 0 Å². The second-order valence-corrected chi connectivity index (χ2v) is 8.77. The highest BCUT2D eigenvalue weighted by molar-refractivity contribution is 7.90. The van der Waals surface area contributed by atoms with E-state index in [4.69, 9.17) is 11.6 Å². The minimum absolute atomic E-state index is 0.251. The molecule has 5 heteroatoms. The Kier molecular flexibility index (Phi) is 7.71. The van der Waals surface area contributed by atoms with Gasteiger partial charge in [-0.3, -0.25) is 0 Å². The lowest BCUT2D eigenvalue weighted by Gasteiger charge is -2.19. The number of hydrogen-bond donors (Lipinski definition) is 1. The quantitative estimate of drug-likeness (QED) is 0.753. The molecule has 120 valence electrons. The molecular formula is C16H26ClNO2S. The second kappa shape index (κ2) is 8.76. The summed E-state index contributed by atoms with van der Waals surface area (Å²) in [5.74, 6) is 1.18. The maximum absolute atomic E-state index is 11.3. The fourth-order valence-electron chi connectivity index (χ4n) is 2.26. The zero-order valence-electron chi connectivity index (χ0n) is 13.1. The molecule has 21 heavy (non-hydrogen) atoms. The predicted octanol–water partition coefficient (Wildman–Crippen LogP) is 3.49. The summed E-state index contributed by atoms with van der Waals surface area (Å²) < 4.78 is 22.5. The molecule has 0 saturated heterocycles. The number of benzene rings is 1. The number of halogens is 1. The molecule has 1 aromatic rings. The first-order chi connectivity index (χ1) is 9.78. The molecule has 0 fully saturated rings. The van der Waals surface area contributed by atoms with Gasteiger partial charge in [-0.25, -0.2) is 8.42 Å². The zero-order chi connectivity index (χ0) is 15.9. The third-order valence-corrected chi connectivity index (χ3v) is 4.63. The summed E-state index contributed by atoms with van der Waals surface area (Å²) in [6.07, 6.45) is 2.84. The Balaban J connectivity index is 2.63. The molecule has 0 amide bonds. The monoisotopic (exact) mass is 331 g/mol. The van der Waals surface area contributed by atoms with Crippen molar-refractivity contribution in [3.05, 3.63) is 34.9 Å². The van der Waals surface area contributed by atoms with Gasteiger partial charge < -0.3 is 5.32 Å². The van der Waals surface area contributed by atoms with E-state index in [9.17, 15) is 8.42 Å². The van der Waals surface area contributed by atoms with E-state index in [2.05, 4.69) is 19.2 Å². The summed E-state index contributed by atoms with van der Waals surface area (Å²) in [6.45, 7) is 6.18. The highest BCUT2D eigenvalue weighted by Crippen LogP contribution is 2.23. The maximum atomic E-state index is 11.3. The van der Waals surface area contributed by atoms with Crippen molar-refractivity contribution in [3.8, 4) is 0 Å². The minimum Gasteiger partial charge on any atom is -0.316 e. The molecule has 0 heterocycles. The van der Waals surface area contributed by atoms with Crippen molar-refractivity contribution in [2.24, 2.45) is 5.92 Å². The lowest BCUT2D eigenvalue weighted by molar-refractivity contribution is 0.497. The lowest BCUT2D eigenvalue weighted by Crippen LogP contribution is -2.25. The number of rotatable bonds is 9. The summed E-state index contributed by atoms with van der Waals surface area (Å²) >= 11 is 5.93. The van der Waals surface area contributed by atoms with Gasteiger partial charge in [0.05, 0.1) is 0 Å². The van der Waals surface area contributed by atoms with Crippen molar-refractivity contribution < 1.29 is 8.42 Å². The molecule has 3 nitrogen and oxygen atoms in total. The van der Waals surface area contributed by atoms with Gasteiger partial charge in [0.25, 0.3) is 0 Å². The first-order valence-electron chi connectivity index (χ1n) is 7.42. The van der Waals surface area contributed by atoms with Gasteiger partial charge in [0.2, 0.25) is 0 Å². The van der Waals surface area contributed by atoms with Gasteiger partial charge in [0, 0.05) is 23.6 Å². The first kappa shape index (κ1) is 18.5. The molecular weight excluding hydrogens is 306 g/mol. The van der Waals surface area contributed by atoms with Crippen LogP contribution < -0.4 is 5.32 Å². The third kappa shape index (κ3) is 8.44. The van der Waals surface area contributed by atoms with Crippen LogP contribution in [0.4, 0.5) is 0 Å². The Morgan fingerprint density at radius 2 is 1.76 bits per heavy atom. The normalized spacial score (nSPS) is 13.6. The minimum atomic E-state index is -2.88. The molecule has 1 aromatic carbocycles. The van der Waals surface area contributed by atoms with Gasteiger partial charge in [-0.05, 0) is 48.9 Å². The van der Waals surface area contributed by atoms with E-state index < -0.39 is 9.84 Å². The first-order valence-corrected chi connectivity index (χ1v) is 9.85. The van der Waals surface area contributed by atoms with Crippen LogP contribution in [0.1, 0.15) is 38.2 Å². The zero-order valence-corrected chi connectivity index (χ0v) is 14.7. The highest BCUT2D eigenvalue weighted by Gasteiger charge is 2.13. The van der Waals surface area contributed by atoms with Gasteiger partial charge in [-0.15, -0.1) is 0 Å². The lowest BCUT2D eigenvalue weighted by atomic mass is 9.94. The second-order valence-electron chi connectivity index (χ2n) is 6.07. The molecule has 0 aromatic heterocycles. The Morgan fingerprint density at radius 3 is 2.29 bits per heavy atom. The molecule has 1 atom stereocenters. The van der Waals surface area contributed by atoms with E-state index in [0.29, 0.717) is 18.3 Å². The molecule has 0 aliphatic heterocycles. The van der Waals surface area contributed by atoms with Crippen LogP contribution in [0.3, 0.4) is 0 Å². The summed E-state index contributed by atoms with van der Waals surface area (Å²) in [7, 11) is -2.88. The van der Waals surface area contributed by atoms with Gasteiger partial charge in [-0.1, -0.05) is 37.6 Å². The number of hydrogen-bond acceptors (Lipinski definition) is 3. The summed E-state index contributed by atoms with van der Waals surface area (Å²) in [5, 5.41) is 4.19. The van der Waals surface area contributed by atoms with Crippen molar-refractivity contribution in [2.45, 2.75) is 32.6 Å². The van der Waals surface area contributed by atoms with Crippen LogP contribution in [0.5, 0.6) is 0 Å². The SMILES string of the molecule is CC(C)CNCC(CCCS(C)(=O)=O)c1ccc(Cl)cc1. The van der Waals surface area contributed by atoms with Crippen molar-refractivity contribution in [3.63, 3.8) is 0 Å². The highest BCUT2D eigenvalue weighted by atomic mass is 35.5. The topological polar surface area (TPSA) is 46.2 Å². The molecule has 0 saturated carbocycles. The van der Waals surface area contributed by atoms with Crippen LogP contribution in [0.15, 0.2) is 24.3 Å². The third-order valence-electron chi connectivity index (χ3n) is 3.35. The van der Waals surface area contributed by atoms with Crippen molar-refractivity contribution >= 4 is 21.4 Å². The molecule has 0 spiro atoms. The van der Waals surface area contributed by atoms with Crippen molar-refractivity contribution in [1.29, 1.82) is 0 Å². The molecule has 1 N–H and O–H groups in total. The van der Waals surface area contributed by atoms with Crippen LogP contribution >= 0.6 is 11.6 Å². The number of sulfone groups is 1. The summed E-state index contributed by atoms with van der Waals surface area (Å²) in [6, 6.07) is 7.85. The van der Waals surface area contributed by atoms with E-state index in [0.717, 1.165) is 24.5 Å². The van der Waals surface area contributed by atoms with Gasteiger partial charge in [0.1, 0.15) is 9.84 Å². The fourth-order valence-corrected chi connectivity index (χ4v) is 3.08. The molecule has 0 aliphatic carbocycles. The standard InChI is InChI=1S/C16H26ClNO2S/c1-13(2)11-18-12-15(5-4-10-21(3,19)20)14-6-8-16(17)9-7-14/h6-9,13,15,18H,4-5,10-12H2,1-3H3. The van der Waals surface area contributed by atoms with Gasteiger partial charge in [-0.2, -0.15) is 0 Å². The Labute approximate surface area is 134 Å². The summed E-state index contributed by atoms with van der Waals surface area (Å²) in [5.41, 5.74) is 1.21. The van der Waals surface area contributed by atoms with E-state index >= 15 is 0 Å². The van der Waals surface area contributed by atoms with E-state index in [-0.39, 0.29) is 5.75 Å². The van der Waals surface area contributed by atoms with Crippen molar-refractivity contribution in [2.75, 3.05) is 25.1 Å². The molecule has 1 rings (SSSR count). The van der Waals surface area contributed by atoms with E-state index in [1.165, 1.54) is 11.8 Å². The van der Waals surface area contributed by atoms with Crippen LogP contribution in [0, 0.1) is 5.92 Å². The van der Waals surface area contributed by atoms with Crippen molar-refractivity contribution in [1.82, 2.24) is 5.32 Å². The Hall–Kier alpha value is -0.580. The smallest absolute Gasteiger partial charge is 0.147 e. The average molecular weight is 332 g/mol. The Morgan fingerprint density at radius 1 is 1.14 bits per heavy atom. The van der Waals surface area contributed by atoms with E-state index in [1.54, 1.807) is 0 Å². The molecule has 0 aliphatic rings. The largest absolute Gasteiger partial charge is 0.316 e. The molecule has 0 radical (unpaired) electrons. The molecule has 1 unspecified atom stereocenters. The molecule has 0 bridgehead atoms. The average Bonchev–Trinajstić information content (AvgIpc) is 2.36. The van der Waals surface area contributed by atoms with Crippen LogP contribution in [0.25, 0.3) is 0 Å². The van der Waals surface area contributed by atoms with Crippen LogP contribution in [-0.4, -0.2) is 33.5 Å². The van der Waals surface area contributed by atoms with E-state index in [1.807, 2.05) is 24.3 Å². The van der Waals surface area contributed by atoms with Crippen LogP contribution in [0.2, 0.25) is 5.02 Å². The van der Waals surface area contributed by atoms with Crippen LogP contribution in [-0.2, 0) is 9.84 Å². The Bertz CT molecular complexity index is 512. The fraction of sp³-hybridized carbons (Fsp3) is 0.625. The van der Waals surface area contributed by atoms with Gasteiger partial charge >= 0.3 is 0 Å². The predicted molar refractivity (Wildman–Crippen MR) is 90.8 cm³/mol. The summed E-state index contributed by atoms with van der Waals surface area (Å²) in [4.78, 5) is 0. The number of nitrogens with one attached hydrogen (secondary N) is 1. The maximum Gasteiger partial charge on any atom is 0.147 e.